The van der Waals surface area contributed by atoms with Gasteiger partial charge in [0.1, 0.15) is 6.07 Å². The third kappa shape index (κ3) is 3.37. The summed E-state index contributed by atoms with van der Waals surface area (Å²) in [6.45, 7) is 2.61. The molecule has 0 radical (unpaired) electrons. The number of rotatable bonds is 1. The third-order valence-corrected chi connectivity index (χ3v) is 5.23. The van der Waals surface area contributed by atoms with Gasteiger partial charge in [-0.1, -0.05) is 29.5 Å². The van der Waals surface area contributed by atoms with E-state index in [4.69, 9.17) is 11.6 Å². The van der Waals surface area contributed by atoms with E-state index in [0.29, 0.717) is 22.6 Å². The Hall–Kier alpha value is -2.60. The van der Waals surface area contributed by atoms with Crippen molar-refractivity contribution < 1.29 is 0 Å². The highest BCUT2D eigenvalue weighted by molar-refractivity contribution is 6.30. The molecule has 0 saturated carbocycles. The second kappa shape index (κ2) is 7.33. The summed E-state index contributed by atoms with van der Waals surface area (Å²) in [6, 6.07) is 10.5. The first kappa shape index (κ1) is 16.8. The SMILES string of the molecule is N#Cc1nccnc1N1CCN2C(C#Cc3cccc(Cl)c3)CCC2C1. The Morgan fingerprint density at radius 1 is 1.15 bits per heavy atom. The van der Waals surface area contributed by atoms with Gasteiger partial charge >= 0.3 is 0 Å². The molecule has 2 aliphatic heterocycles. The van der Waals surface area contributed by atoms with E-state index in [0.717, 1.165) is 38.0 Å². The molecule has 26 heavy (non-hydrogen) atoms. The van der Waals surface area contributed by atoms with Crippen molar-refractivity contribution in [2.24, 2.45) is 0 Å². The highest BCUT2D eigenvalue weighted by Gasteiger charge is 2.37. The van der Waals surface area contributed by atoms with Gasteiger partial charge in [0.05, 0.1) is 6.04 Å². The number of hydrogen-bond acceptors (Lipinski definition) is 5. The van der Waals surface area contributed by atoms with Gasteiger partial charge in [-0.3, -0.25) is 4.90 Å². The van der Waals surface area contributed by atoms with Gasteiger partial charge in [-0.15, -0.1) is 0 Å². The summed E-state index contributed by atoms with van der Waals surface area (Å²) in [6.07, 6.45) is 5.39. The molecule has 1 aromatic carbocycles. The molecular formula is C20H18ClN5. The fraction of sp³-hybridized carbons (Fsp3) is 0.350. The molecule has 4 rings (SSSR count). The maximum atomic E-state index is 9.26. The highest BCUT2D eigenvalue weighted by Crippen LogP contribution is 2.29. The predicted octanol–water partition coefficient (Wildman–Crippen LogP) is 2.71. The second-order valence-corrected chi connectivity index (χ2v) is 6.99. The number of fused-ring (bicyclic) bond motifs is 1. The maximum absolute atomic E-state index is 9.26. The van der Waals surface area contributed by atoms with E-state index in [1.54, 1.807) is 12.4 Å². The fourth-order valence-corrected chi connectivity index (χ4v) is 3.96. The zero-order chi connectivity index (χ0) is 17.9. The van der Waals surface area contributed by atoms with Crippen LogP contribution in [0.4, 0.5) is 5.82 Å². The van der Waals surface area contributed by atoms with E-state index in [1.807, 2.05) is 24.3 Å². The average molecular weight is 364 g/mol. The molecule has 3 heterocycles. The molecule has 2 aliphatic rings. The van der Waals surface area contributed by atoms with E-state index >= 15 is 0 Å². The van der Waals surface area contributed by atoms with Crippen molar-refractivity contribution in [2.45, 2.75) is 24.9 Å². The second-order valence-electron chi connectivity index (χ2n) is 6.55. The third-order valence-electron chi connectivity index (χ3n) is 4.99. The van der Waals surface area contributed by atoms with Gasteiger partial charge in [0.15, 0.2) is 11.5 Å². The molecule has 2 unspecified atom stereocenters. The Labute approximate surface area is 158 Å². The van der Waals surface area contributed by atoms with Crippen molar-refractivity contribution in [1.29, 1.82) is 5.26 Å². The Kier molecular flexibility index (Phi) is 4.75. The van der Waals surface area contributed by atoms with Crippen molar-refractivity contribution in [2.75, 3.05) is 24.5 Å². The lowest BCUT2D eigenvalue weighted by molar-refractivity contribution is 0.202. The minimum absolute atomic E-state index is 0.276. The molecule has 0 aliphatic carbocycles. The summed E-state index contributed by atoms with van der Waals surface area (Å²) < 4.78 is 0. The van der Waals surface area contributed by atoms with Crippen molar-refractivity contribution >= 4 is 17.4 Å². The normalized spacial score (nSPS) is 22.2. The molecule has 0 amide bonds. The van der Waals surface area contributed by atoms with Crippen LogP contribution in [0, 0.1) is 23.2 Å². The lowest BCUT2D eigenvalue weighted by Gasteiger charge is -2.39. The molecule has 0 N–H and O–H groups in total. The van der Waals surface area contributed by atoms with Gasteiger partial charge in [0, 0.05) is 48.7 Å². The number of anilines is 1. The van der Waals surface area contributed by atoms with Crippen LogP contribution >= 0.6 is 11.6 Å². The lowest BCUT2D eigenvalue weighted by Crippen LogP contribution is -2.52. The molecule has 130 valence electrons. The molecule has 5 nitrogen and oxygen atoms in total. The molecule has 2 atom stereocenters. The standard InChI is InChI=1S/C20H18ClN5/c21-16-3-1-2-15(12-16)4-5-17-6-7-18-14-25(10-11-26(17)18)20-19(13-22)23-8-9-24-20/h1-3,8-9,12,17-18H,6-7,10-11,14H2. The summed E-state index contributed by atoms with van der Waals surface area (Å²) in [7, 11) is 0. The Morgan fingerprint density at radius 3 is 2.88 bits per heavy atom. The number of hydrogen-bond donors (Lipinski definition) is 0. The number of nitriles is 1. The van der Waals surface area contributed by atoms with Crippen LogP contribution in [0.15, 0.2) is 36.7 Å². The van der Waals surface area contributed by atoms with Crippen molar-refractivity contribution in [1.82, 2.24) is 14.9 Å². The summed E-state index contributed by atoms with van der Waals surface area (Å²) >= 11 is 6.03. The fourth-order valence-electron chi connectivity index (χ4n) is 3.77. The van der Waals surface area contributed by atoms with Crippen molar-refractivity contribution in [3.8, 4) is 17.9 Å². The van der Waals surface area contributed by atoms with Gasteiger partial charge in [-0.05, 0) is 31.0 Å². The monoisotopic (exact) mass is 363 g/mol. The van der Waals surface area contributed by atoms with E-state index in [1.165, 1.54) is 0 Å². The molecule has 6 heteroatoms. The van der Waals surface area contributed by atoms with Gasteiger partial charge in [-0.2, -0.15) is 5.26 Å². The number of nitrogens with zero attached hydrogens (tertiary/aromatic N) is 5. The largest absolute Gasteiger partial charge is 0.351 e. The van der Waals surface area contributed by atoms with Crippen LogP contribution in [0.3, 0.4) is 0 Å². The molecule has 1 aromatic heterocycles. The summed E-state index contributed by atoms with van der Waals surface area (Å²) in [5.74, 6) is 7.38. The molecular weight excluding hydrogens is 346 g/mol. The smallest absolute Gasteiger partial charge is 0.183 e. The van der Waals surface area contributed by atoms with Crippen LogP contribution in [0.5, 0.6) is 0 Å². The summed E-state index contributed by atoms with van der Waals surface area (Å²) in [5.41, 5.74) is 1.36. The molecule has 2 fully saturated rings. The lowest BCUT2D eigenvalue weighted by atomic mass is 10.1. The highest BCUT2D eigenvalue weighted by atomic mass is 35.5. The van der Waals surface area contributed by atoms with E-state index in [9.17, 15) is 5.26 Å². The maximum Gasteiger partial charge on any atom is 0.183 e. The topological polar surface area (TPSA) is 56.1 Å². The first-order valence-electron chi connectivity index (χ1n) is 8.73. The van der Waals surface area contributed by atoms with Gasteiger partial charge < -0.3 is 4.90 Å². The van der Waals surface area contributed by atoms with Gasteiger partial charge in [-0.25, -0.2) is 9.97 Å². The van der Waals surface area contributed by atoms with E-state index < -0.39 is 0 Å². The van der Waals surface area contributed by atoms with Gasteiger partial charge in [0.25, 0.3) is 0 Å². The first-order chi connectivity index (χ1) is 12.7. The number of halogens is 1. The van der Waals surface area contributed by atoms with Crippen LogP contribution in [0.25, 0.3) is 0 Å². The molecule has 0 bridgehead atoms. The quantitative estimate of drug-likeness (QED) is 0.729. The van der Waals surface area contributed by atoms with Crippen LogP contribution in [0.1, 0.15) is 24.1 Å². The zero-order valence-electron chi connectivity index (χ0n) is 14.3. The van der Waals surface area contributed by atoms with Crippen molar-refractivity contribution in [3.63, 3.8) is 0 Å². The zero-order valence-corrected chi connectivity index (χ0v) is 15.0. The Morgan fingerprint density at radius 2 is 2.04 bits per heavy atom. The van der Waals surface area contributed by atoms with Gasteiger partial charge in [0.2, 0.25) is 0 Å². The Balaban J connectivity index is 1.47. The summed E-state index contributed by atoms with van der Waals surface area (Å²) in [4.78, 5) is 13.2. The van der Waals surface area contributed by atoms with Crippen LogP contribution < -0.4 is 4.90 Å². The molecule has 2 saturated heterocycles. The van der Waals surface area contributed by atoms with E-state index in [2.05, 4.69) is 37.7 Å². The Bertz CT molecular complexity index is 910. The molecule has 2 aromatic rings. The van der Waals surface area contributed by atoms with Crippen LogP contribution in [-0.4, -0.2) is 46.6 Å². The number of piperazine rings is 1. The van der Waals surface area contributed by atoms with Crippen LogP contribution in [-0.2, 0) is 0 Å². The van der Waals surface area contributed by atoms with Crippen LogP contribution in [0.2, 0.25) is 5.02 Å². The molecule has 0 spiro atoms. The predicted molar refractivity (Wildman–Crippen MR) is 101 cm³/mol. The van der Waals surface area contributed by atoms with E-state index in [-0.39, 0.29) is 6.04 Å². The average Bonchev–Trinajstić information content (AvgIpc) is 3.08. The summed E-state index contributed by atoms with van der Waals surface area (Å²) in [5, 5.41) is 9.97. The van der Waals surface area contributed by atoms with Crippen molar-refractivity contribution in [3.05, 3.63) is 52.9 Å². The number of benzene rings is 1. The minimum atomic E-state index is 0.276. The first-order valence-corrected chi connectivity index (χ1v) is 9.11. The minimum Gasteiger partial charge on any atom is -0.351 e. The number of aromatic nitrogens is 2.